The Kier molecular flexibility index (Phi) is 5.38. The summed E-state index contributed by atoms with van der Waals surface area (Å²) in [6, 6.07) is 9.39. The lowest BCUT2D eigenvalue weighted by Crippen LogP contribution is -2.32. The van der Waals surface area contributed by atoms with Crippen LogP contribution >= 0.6 is 11.6 Å². The van der Waals surface area contributed by atoms with Crippen molar-refractivity contribution in [2.24, 2.45) is 4.99 Å². The SMILES string of the molecule is O=c1[nH]c(O)c(C=c2cnn3c(=NC4CCNCC4)cc(Nc4cccc(Cl)c4)nc23)[nH]1. The van der Waals surface area contributed by atoms with Crippen molar-refractivity contribution in [3.05, 3.63) is 68.4 Å². The van der Waals surface area contributed by atoms with Crippen molar-refractivity contribution in [3.8, 4) is 5.88 Å². The van der Waals surface area contributed by atoms with Crippen molar-refractivity contribution in [1.29, 1.82) is 0 Å². The van der Waals surface area contributed by atoms with Gasteiger partial charge in [-0.15, -0.1) is 0 Å². The van der Waals surface area contributed by atoms with Gasteiger partial charge in [-0.2, -0.15) is 9.61 Å². The van der Waals surface area contributed by atoms with Gasteiger partial charge in [0, 0.05) is 22.0 Å². The number of piperidine rings is 1. The first-order valence-corrected chi connectivity index (χ1v) is 10.6. The van der Waals surface area contributed by atoms with Crippen LogP contribution in [0.5, 0.6) is 5.88 Å². The van der Waals surface area contributed by atoms with E-state index in [4.69, 9.17) is 21.6 Å². The molecule has 32 heavy (non-hydrogen) atoms. The fourth-order valence-electron chi connectivity index (χ4n) is 3.71. The number of aromatic nitrogens is 5. The van der Waals surface area contributed by atoms with Crippen LogP contribution in [0.25, 0.3) is 11.7 Å². The molecule has 1 aliphatic rings. The maximum atomic E-state index is 11.5. The Morgan fingerprint density at radius 1 is 1.25 bits per heavy atom. The van der Waals surface area contributed by atoms with E-state index < -0.39 is 5.69 Å². The van der Waals surface area contributed by atoms with E-state index in [2.05, 4.69) is 25.7 Å². The fourth-order valence-corrected chi connectivity index (χ4v) is 3.90. The lowest BCUT2D eigenvalue weighted by Gasteiger charge is -2.18. The normalized spacial score (nSPS) is 16.2. The number of nitrogens with zero attached hydrogens (tertiary/aromatic N) is 4. The second-order valence-electron chi connectivity index (χ2n) is 7.57. The highest BCUT2D eigenvalue weighted by Crippen LogP contribution is 2.18. The van der Waals surface area contributed by atoms with Crippen molar-refractivity contribution < 1.29 is 5.11 Å². The van der Waals surface area contributed by atoms with E-state index in [1.165, 1.54) is 0 Å². The molecule has 0 amide bonds. The molecule has 10 nitrogen and oxygen atoms in total. The standard InChI is InChI=1S/C21H21ClN8O2/c22-13-2-1-3-15(9-13)25-17-10-18(26-14-4-6-23-7-5-14)30-19(28-17)12(11-24-30)8-16-20(31)29-21(32)27-16/h1-3,8-11,14,23,25,31H,4-7H2,(H2,27,29,32). The largest absolute Gasteiger partial charge is 0.493 e. The quantitative estimate of drug-likeness (QED) is 0.314. The summed E-state index contributed by atoms with van der Waals surface area (Å²) in [5.41, 5.74) is 1.74. The molecule has 5 N–H and O–H groups in total. The third-order valence-corrected chi connectivity index (χ3v) is 5.47. The number of hydrogen-bond donors (Lipinski definition) is 5. The van der Waals surface area contributed by atoms with Crippen LogP contribution in [-0.2, 0) is 0 Å². The van der Waals surface area contributed by atoms with Gasteiger partial charge in [0.05, 0.1) is 12.2 Å². The van der Waals surface area contributed by atoms with E-state index in [1.807, 2.05) is 24.3 Å². The molecule has 4 aromatic rings. The smallest absolute Gasteiger partial charge is 0.326 e. The maximum absolute atomic E-state index is 11.5. The first-order valence-electron chi connectivity index (χ1n) is 10.2. The number of hydrogen-bond acceptors (Lipinski definition) is 7. The van der Waals surface area contributed by atoms with Crippen LogP contribution in [0.1, 0.15) is 18.5 Å². The topological polar surface area (TPSA) is 135 Å². The zero-order chi connectivity index (χ0) is 22.1. The van der Waals surface area contributed by atoms with E-state index in [9.17, 15) is 9.90 Å². The summed E-state index contributed by atoms with van der Waals surface area (Å²) >= 11 is 6.12. The predicted molar refractivity (Wildman–Crippen MR) is 121 cm³/mol. The first kappa shape index (κ1) is 20.3. The van der Waals surface area contributed by atoms with Gasteiger partial charge in [0.2, 0.25) is 5.88 Å². The lowest BCUT2D eigenvalue weighted by molar-refractivity contribution is 0.450. The van der Waals surface area contributed by atoms with Crippen molar-refractivity contribution >= 4 is 34.8 Å². The lowest BCUT2D eigenvalue weighted by atomic mass is 10.1. The average molecular weight is 453 g/mol. The van der Waals surface area contributed by atoms with Crippen LogP contribution in [0, 0.1) is 0 Å². The number of halogens is 1. The summed E-state index contributed by atoms with van der Waals surface area (Å²) < 4.78 is 1.67. The summed E-state index contributed by atoms with van der Waals surface area (Å²) in [7, 11) is 0. The van der Waals surface area contributed by atoms with Gasteiger partial charge in [-0.25, -0.2) is 9.78 Å². The molecule has 1 saturated heterocycles. The summed E-state index contributed by atoms with van der Waals surface area (Å²) in [5, 5.41) is 22.2. The van der Waals surface area contributed by atoms with Crippen molar-refractivity contribution in [2.75, 3.05) is 18.4 Å². The van der Waals surface area contributed by atoms with Crippen LogP contribution in [0.3, 0.4) is 0 Å². The molecule has 0 radical (unpaired) electrons. The number of H-pyrrole nitrogens is 2. The fraction of sp³-hybridized carbons (Fsp3) is 0.238. The molecule has 0 unspecified atom stereocenters. The van der Waals surface area contributed by atoms with Gasteiger partial charge in [-0.1, -0.05) is 17.7 Å². The monoisotopic (exact) mass is 452 g/mol. The molecule has 1 aliphatic heterocycles. The van der Waals surface area contributed by atoms with E-state index in [-0.39, 0.29) is 17.6 Å². The summed E-state index contributed by atoms with van der Waals surface area (Å²) in [6.45, 7) is 1.85. The summed E-state index contributed by atoms with van der Waals surface area (Å²) in [5.74, 6) is 0.330. The van der Waals surface area contributed by atoms with Gasteiger partial charge in [0.1, 0.15) is 11.5 Å². The van der Waals surface area contributed by atoms with E-state index >= 15 is 0 Å². The molecule has 0 saturated carbocycles. The van der Waals surface area contributed by atoms with Crippen LogP contribution in [0.2, 0.25) is 5.02 Å². The summed E-state index contributed by atoms with van der Waals surface area (Å²) in [6.07, 6.45) is 5.12. The Bertz CT molecular complexity index is 1450. The molecule has 164 valence electrons. The highest BCUT2D eigenvalue weighted by Gasteiger charge is 2.13. The van der Waals surface area contributed by atoms with Crippen molar-refractivity contribution in [2.45, 2.75) is 18.9 Å². The van der Waals surface area contributed by atoms with Crippen LogP contribution in [0.4, 0.5) is 11.5 Å². The molecule has 0 aliphatic carbocycles. The van der Waals surface area contributed by atoms with Crippen molar-refractivity contribution in [3.63, 3.8) is 0 Å². The molecular weight excluding hydrogens is 432 g/mol. The zero-order valence-electron chi connectivity index (χ0n) is 17.0. The summed E-state index contributed by atoms with van der Waals surface area (Å²) in [4.78, 5) is 26.0. The van der Waals surface area contributed by atoms with Gasteiger partial charge in [0.15, 0.2) is 11.1 Å². The average Bonchev–Trinajstić information content (AvgIpc) is 3.31. The molecule has 4 heterocycles. The second kappa shape index (κ2) is 8.48. The molecule has 0 atom stereocenters. The van der Waals surface area contributed by atoms with E-state index in [0.29, 0.717) is 27.2 Å². The van der Waals surface area contributed by atoms with Gasteiger partial charge < -0.3 is 20.7 Å². The van der Waals surface area contributed by atoms with E-state index in [1.54, 1.807) is 22.9 Å². The molecule has 0 spiro atoms. The Balaban J connectivity index is 1.67. The number of benzene rings is 1. The molecule has 1 fully saturated rings. The highest BCUT2D eigenvalue weighted by molar-refractivity contribution is 6.30. The van der Waals surface area contributed by atoms with Crippen LogP contribution < -0.4 is 27.0 Å². The van der Waals surface area contributed by atoms with Gasteiger partial charge in [-0.05, 0) is 50.2 Å². The Morgan fingerprint density at radius 3 is 2.84 bits per heavy atom. The maximum Gasteiger partial charge on any atom is 0.326 e. The number of imidazole rings is 1. The third-order valence-electron chi connectivity index (χ3n) is 5.24. The number of rotatable bonds is 4. The highest BCUT2D eigenvalue weighted by atomic mass is 35.5. The van der Waals surface area contributed by atoms with Gasteiger partial charge in [-0.3, -0.25) is 9.98 Å². The predicted octanol–water partition coefficient (Wildman–Crippen LogP) is 1.05. The Labute approximate surface area is 186 Å². The van der Waals surface area contributed by atoms with Crippen molar-refractivity contribution in [1.82, 2.24) is 29.9 Å². The van der Waals surface area contributed by atoms with E-state index in [0.717, 1.165) is 31.6 Å². The molecule has 0 bridgehead atoms. The number of aromatic amines is 2. The minimum Gasteiger partial charge on any atom is -0.493 e. The number of anilines is 2. The zero-order valence-corrected chi connectivity index (χ0v) is 17.7. The number of fused-ring (bicyclic) bond motifs is 1. The van der Waals surface area contributed by atoms with Gasteiger partial charge in [0.25, 0.3) is 0 Å². The Morgan fingerprint density at radius 2 is 2.09 bits per heavy atom. The Hall–Kier alpha value is -3.63. The number of nitrogens with one attached hydrogen (secondary N) is 4. The first-order chi connectivity index (χ1) is 15.5. The van der Waals surface area contributed by atoms with Crippen LogP contribution in [0.15, 0.2) is 46.3 Å². The molecule has 3 aromatic heterocycles. The molecule has 1 aromatic carbocycles. The minimum absolute atomic E-state index is 0.183. The third kappa shape index (κ3) is 4.23. The van der Waals surface area contributed by atoms with Gasteiger partial charge >= 0.3 is 5.69 Å². The number of aromatic hydroxyl groups is 1. The van der Waals surface area contributed by atoms with Crippen LogP contribution in [-0.4, -0.2) is 48.8 Å². The molecular formula is C21H21ClN8O2. The molecule has 5 rings (SSSR count). The second-order valence-corrected chi connectivity index (χ2v) is 8.00. The molecule has 11 heteroatoms. The minimum atomic E-state index is -0.497.